The molecule has 0 N–H and O–H groups in total. The first-order chi connectivity index (χ1) is 12.2. The number of aryl methyl sites for hydroxylation is 1. The van der Waals surface area contributed by atoms with Crippen molar-refractivity contribution in [2.45, 2.75) is 38.3 Å². The van der Waals surface area contributed by atoms with Crippen LogP contribution in [0, 0.1) is 0 Å². The average molecular weight is 338 g/mol. The zero-order valence-electron chi connectivity index (χ0n) is 14.9. The van der Waals surface area contributed by atoms with Gasteiger partial charge in [-0.15, -0.1) is 0 Å². The Balaban J connectivity index is 1.48. The summed E-state index contributed by atoms with van der Waals surface area (Å²) in [6.45, 7) is 4.20. The van der Waals surface area contributed by atoms with E-state index in [0.717, 1.165) is 37.3 Å². The van der Waals surface area contributed by atoms with E-state index in [1.165, 1.54) is 31.5 Å². The predicted octanol–water partition coefficient (Wildman–Crippen LogP) is 2.99. The highest BCUT2D eigenvalue weighted by Gasteiger charge is 2.32. The molecule has 2 fully saturated rings. The van der Waals surface area contributed by atoms with Crippen LogP contribution < -0.4 is 0 Å². The molecule has 0 saturated carbocycles. The quantitative estimate of drug-likeness (QED) is 0.860. The monoisotopic (exact) mass is 338 g/mol. The van der Waals surface area contributed by atoms with E-state index in [4.69, 9.17) is 4.98 Å². The van der Waals surface area contributed by atoms with Gasteiger partial charge in [0.25, 0.3) is 5.91 Å². The second kappa shape index (κ2) is 7.00. The fourth-order valence-electron chi connectivity index (χ4n) is 4.07. The van der Waals surface area contributed by atoms with Crippen molar-refractivity contribution in [1.82, 2.24) is 19.4 Å². The molecular weight excluding hydrogens is 312 g/mol. The van der Waals surface area contributed by atoms with E-state index in [9.17, 15) is 4.79 Å². The second-order valence-corrected chi connectivity index (χ2v) is 7.24. The molecule has 4 heterocycles. The Kier molecular flexibility index (Phi) is 4.57. The highest BCUT2D eigenvalue weighted by Crippen LogP contribution is 2.32. The first kappa shape index (κ1) is 16.3. The Hall–Kier alpha value is -2.14. The molecule has 0 radical (unpaired) electrons. The third-order valence-electron chi connectivity index (χ3n) is 5.47. The summed E-state index contributed by atoms with van der Waals surface area (Å²) in [5.41, 5.74) is 3.03. The van der Waals surface area contributed by atoms with Gasteiger partial charge in [0.15, 0.2) is 0 Å². The first-order valence-electron chi connectivity index (χ1n) is 9.32. The molecule has 2 saturated heterocycles. The second-order valence-electron chi connectivity index (χ2n) is 7.24. The third kappa shape index (κ3) is 3.33. The molecule has 0 aliphatic carbocycles. The van der Waals surface area contributed by atoms with E-state index in [0.29, 0.717) is 0 Å². The number of amides is 1. The maximum atomic E-state index is 12.9. The Morgan fingerprint density at radius 2 is 2.00 bits per heavy atom. The Morgan fingerprint density at radius 1 is 1.16 bits per heavy atom. The van der Waals surface area contributed by atoms with Crippen LogP contribution in [0.1, 0.15) is 53.5 Å². The minimum absolute atomic E-state index is 0.100. The molecular formula is C20H26N4O. The van der Waals surface area contributed by atoms with E-state index in [1.807, 2.05) is 41.0 Å². The number of carbonyl (C=O) groups excluding carboxylic acids is 1. The highest BCUT2D eigenvalue weighted by molar-refractivity contribution is 5.93. The molecule has 2 aromatic rings. The summed E-state index contributed by atoms with van der Waals surface area (Å²) >= 11 is 0. The largest absolute Gasteiger partial charge is 0.347 e. The lowest BCUT2D eigenvalue weighted by molar-refractivity contribution is 0.0723. The maximum absolute atomic E-state index is 12.9. The molecule has 1 amide bonds. The summed E-state index contributed by atoms with van der Waals surface area (Å²) in [6, 6.07) is 8.22. The highest BCUT2D eigenvalue weighted by atomic mass is 16.2. The van der Waals surface area contributed by atoms with Crippen molar-refractivity contribution < 1.29 is 4.79 Å². The molecule has 0 spiro atoms. The molecule has 2 aliphatic heterocycles. The third-order valence-corrected chi connectivity index (χ3v) is 5.47. The van der Waals surface area contributed by atoms with Gasteiger partial charge in [0.2, 0.25) is 0 Å². The van der Waals surface area contributed by atoms with E-state index < -0.39 is 0 Å². The normalized spacial score (nSPS) is 21.2. The first-order valence-corrected chi connectivity index (χ1v) is 9.32. The van der Waals surface area contributed by atoms with Gasteiger partial charge in [-0.1, -0.05) is 6.07 Å². The summed E-state index contributed by atoms with van der Waals surface area (Å²) in [7, 11) is 1.92. The molecule has 0 aromatic carbocycles. The van der Waals surface area contributed by atoms with E-state index in [1.54, 1.807) is 0 Å². The van der Waals surface area contributed by atoms with Crippen LogP contribution in [0.15, 0.2) is 36.7 Å². The smallest absolute Gasteiger partial charge is 0.271 e. The van der Waals surface area contributed by atoms with Gasteiger partial charge in [-0.3, -0.25) is 14.7 Å². The maximum Gasteiger partial charge on any atom is 0.271 e. The van der Waals surface area contributed by atoms with Gasteiger partial charge in [-0.25, -0.2) is 0 Å². The van der Waals surface area contributed by atoms with Gasteiger partial charge in [0.05, 0.1) is 11.7 Å². The van der Waals surface area contributed by atoms with Gasteiger partial charge < -0.3 is 9.47 Å². The van der Waals surface area contributed by atoms with Crippen LogP contribution in [0.3, 0.4) is 0 Å². The number of carbonyl (C=O) groups is 1. The molecule has 5 nitrogen and oxygen atoms in total. The van der Waals surface area contributed by atoms with Gasteiger partial charge in [0, 0.05) is 32.5 Å². The standard InChI is InChI=1S/C20H26N4O/c1-22-10-4-7-19(22)20(25)24-13-5-6-18(24)17-9-8-16(14-21-17)15-23-11-2-3-12-23/h4,7-10,14,18H,2-3,5-6,11-13,15H2,1H3. The fraction of sp³-hybridized carbons (Fsp3) is 0.500. The van der Waals surface area contributed by atoms with Crippen LogP contribution in [0.4, 0.5) is 0 Å². The van der Waals surface area contributed by atoms with Gasteiger partial charge in [-0.2, -0.15) is 0 Å². The summed E-state index contributed by atoms with van der Waals surface area (Å²) in [6.07, 6.45) is 8.57. The van der Waals surface area contributed by atoms with Crippen molar-refractivity contribution >= 4 is 5.91 Å². The lowest BCUT2D eigenvalue weighted by Gasteiger charge is -2.25. The van der Waals surface area contributed by atoms with Crippen LogP contribution in [0.25, 0.3) is 0 Å². The van der Waals surface area contributed by atoms with Crippen molar-refractivity contribution in [1.29, 1.82) is 0 Å². The number of nitrogens with zero attached hydrogens (tertiary/aromatic N) is 4. The van der Waals surface area contributed by atoms with E-state index in [2.05, 4.69) is 17.0 Å². The van der Waals surface area contributed by atoms with E-state index >= 15 is 0 Å². The van der Waals surface area contributed by atoms with Gasteiger partial charge >= 0.3 is 0 Å². The molecule has 1 unspecified atom stereocenters. The van der Waals surface area contributed by atoms with Gasteiger partial charge in [0.1, 0.15) is 5.69 Å². The summed E-state index contributed by atoms with van der Waals surface area (Å²) < 4.78 is 1.89. The van der Waals surface area contributed by atoms with Crippen LogP contribution in [-0.4, -0.2) is 44.9 Å². The minimum Gasteiger partial charge on any atom is -0.347 e. The lowest BCUT2D eigenvalue weighted by atomic mass is 10.1. The summed E-state index contributed by atoms with van der Waals surface area (Å²) in [5, 5.41) is 0. The topological polar surface area (TPSA) is 41.4 Å². The molecule has 2 aliphatic rings. The van der Waals surface area contributed by atoms with E-state index in [-0.39, 0.29) is 11.9 Å². The molecule has 2 aromatic heterocycles. The minimum atomic E-state index is 0.100. The predicted molar refractivity (Wildman–Crippen MR) is 97.2 cm³/mol. The van der Waals surface area contributed by atoms with Crippen molar-refractivity contribution in [3.63, 3.8) is 0 Å². The lowest BCUT2D eigenvalue weighted by Crippen LogP contribution is -2.32. The SMILES string of the molecule is Cn1cccc1C(=O)N1CCCC1c1ccc(CN2CCCC2)cn1. The molecule has 1 atom stereocenters. The molecule has 4 rings (SSSR count). The summed E-state index contributed by atoms with van der Waals surface area (Å²) in [4.78, 5) is 22.1. The van der Waals surface area contributed by atoms with Crippen molar-refractivity contribution in [2.75, 3.05) is 19.6 Å². The molecule has 25 heavy (non-hydrogen) atoms. The number of hydrogen-bond donors (Lipinski definition) is 0. The van der Waals surface area contributed by atoms with Crippen molar-refractivity contribution in [3.8, 4) is 0 Å². The fourth-order valence-corrected chi connectivity index (χ4v) is 4.07. The number of hydrogen-bond acceptors (Lipinski definition) is 3. The van der Waals surface area contributed by atoms with Gasteiger partial charge in [-0.05, 0) is 62.5 Å². The zero-order valence-corrected chi connectivity index (χ0v) is 14.9. The number of aromatic nitrogens is 2. The summed E-state index contributed by atoms with van der Waals surface area (Å²) in [5.74, 6) is 0.109. The van der Waals surface area contributed by atoms with Crippen LogP contribution in [-0.2, 0) is 13.6 Å². The Labute approximate surface area is 149 Å². The zero-order chi connectivity index (χ0) is 17.2. The molecule has 5 heteroatoms. The molecule has 132 valence electrons. The molecule has 0 bridgehead atoms. The van der Waals surface area contributed by atoms with Crippen molar-refractivity contribution in [2.24, 2.45) is 7.05 Å². The van der Waals surface area contributed by atoms with Crippen LogP contribution in [0.5, 0.6) is 0 Å². The Morgan fingerprint density at radius 3 is 2.68 bits per heavy atom. The average Bonchev–Trinajstić information content (AvgIpc) is 3.36. The number of pyridine rings is 1. The number of likely N-dealkylation sites (tertiary alicyclic amines) is 2. The van der Waals surface area contributed by atoms with Crippen molar-refractivity contribution in [3.05, 3.63) is 53.6 Å². The van der Waals surface area contributed by atoms with Crippen LogP contribution >= 0.6 is 0 Å². The Bertz CT molecular complexity index is 730. The number of rotatable bonds is 4. The van der Waals surface area contributed by atoms with Crippen LogP contribution in [0.2, 0.25) is 0 Å².